The quantitative estimate of drug-likeness (QED) is 0.648. The Morgan fingerprint density at radius 1 is 0.765 bits per heavy atom. The van der Waals surface area contributed by atoms with Gasteiger partial charge in [0.05, 0.1) is 0 Å². The molecular formula is C14H13NaO2. The summed E-state index contributed by atoms with van der Waals surface area (Å²) in [7, 11) is 0. The number of allylic oxidation sites excluding steroid dienone is 2. The maximum absolute atomic E-state index is 12.2. The molecule has 2 aliphatic rings. The van der Waals surface area contributed by atoms with Crippen molar-refractivity contribution in [1.82, 2.24) is 0 Å². The van der Waals surface area contributed by atoms with E-state index in [1.54, 1.807) is 12.1 Å². The van der Waals surface area contributed by atoms with Crippen molar-refractivity contribution in [2.24, 2.45) is 0 Å². The van der Waals surface area contributed by atoms with E-state index in [1.807, 2.05) is 12.1 Å². The van der Waals surface area contributed by atoms with Crippen LogP contribution in [0.3, 0.4) is 0 Å². The van der Waals surface area contributed by atoms with Gasteiger partial charge in [-0.1, -0.05) is 24.3 Å². The standard InChI is InChI=1S/C14H12O2.Na.H/c15-13-9-5-1-2-6-10(9)14(16)12-8-4-3-7-11(12)13;;/h1-2,5-6H,3-4,7-8H2;;. The molecule has 0 heterocycles. The number of fused-ring (bicyclic) bond motifs is 1. The summed E-state index contributed by atoms with van der Waals surface area (Å²) in [6, 6.07) is 7.15. The van der Waals surface area contributed by atoms with Crippen molar-refractivity contribution in [3.05, 3.63) is 46.5 Å². The molecule has 0 amide bonds. The van der Waals surface area contributed by atoms with Crippen molar-refractivity contribution in [1.29, 1.82) is 0 Å². The number of benzene rings is 1. The number of rotatable bonds is 0. The Bertz CT molecular complexity index is 482. The van der Waals surface area contributed by atoms with Crippen LogP contribution in [-0.2, 0) is 0 Å². The fraction of sp³-hybridized carbons (Fsp3) is 0.286. The van der Waals surface area contributed by atoms with Gasteiger partial charge in [0.1, 0.15) is 0 Å². The molecule has 0 saturated carbocycles. The van der Waals surface area contributed by atoms with E-state index >= 15 is 0 Å². The molecule has 0 fully saturated rings. The average molecular weight is 236 g/mol. The second-order valence-corrected chi connectivity index (χ2v) is 4.37. The number of hydrogen-bond donors (Lipinski definition) is 0. The Balaban J connectivity index is 0.00000108. The molecule has 0 atom stereocenters. The first-order valence-corrected chi connectivity index (χ1v) is 5.69. The third-order valence-corrected chi connectivity index (χ3v) is 3.43. The zero-order chi connectivity index (χ0) is 11.1. The molecule has 0 aliphatic heterocycles. The number of carbonyl (C=O) groups is 2. The van der Waals surface area contributed by atoms with Crippen LogP contribution in [0.1, 0.15) is 46.4 Å². The van der Waals surface area contributed by atoms with Gasteiger partial charge in [0.25, 0.3) is 0 Å². The SMILES string of the molecule is O=C1C2=C(CCCC2)C(=O)c2ccccc21.[NaH]. The summed E-state index contributed by atoms with van der Waals surface area (Å²) < 4.78 is 0. The molecule has 0 spiro atoms. The van der Waals surface area contributed by atoms with Crippen molar-refractivity contribution in [3.63, 3.8) is 0 Å². The minimum atomic E-state index is 0. The van der Waals surface area contributed by atoms with Crippen molar-refractivity contribution in [2.45, 2.75) is 25.7 Å². The summed E-state index contributed by atoms with van der Waals surface area (Å²) in [6.45, 7) is 0. The van der Waals surface area contributed by atoms with Gasteiger partial charge in [-0.05, 0) is 25.7 Å². The van der Waals surface area contributed by atoms with Crippen molar-refractivity contribution >= 4 is 41.1 Å². The molecule has 3 rings (SSSR count). The predicted molar refractivity (Wildman–Crippen MR) is 67.7 cm³/mol. The molecule has 0 N–H and O–H groups in total. The number of Topliss-reactive ketones (excluding diaryl/α,β-unsaturated/α-hetero) is 2. The minimum absolute atomic E-state index is 0. The molecule has 17 heavy (non-hydrogen) atoms. The Morgan fingerprint density at radius 2 is 1.18 bits per heavy atom. The molecule has 2 nitrogen and oxygen atoms in total. The summed E-state index contributed by atoms with van der Waals surface area (Å²) in [5.41, 5.74) is 2.73. The summed E-state index contributed by atoms with van der Waals surface area (Å²) in [5.74, 6) is 0.148. The molecule has 0 unspecified atom stereocenters. The van der Waals surface area contributed by atoms with E-state index in [4.69, 9.17) is 0 Å². The first-order chi connectivity index (χ1) is 7.79. The molecular weight excluding hydrogens is 223 g/mol. The van der Waals surface area contributed by atoms with Crippen LogP contribution in [0, 0.1) is 0 Å². The van der Waals surface area contributed by atoms with E-state index in [9.17, 15) is 9.59 Å². The van der Waals surface area contributed by atoms with Crippen LogP contribution in [0.15, 0.2) is 35.4 Å². The van der Waals surface area contributed by atoms with Crippen LogP contribution in [-0.4, -0.2) is 41.1 Å². The first-order valence-electron chi connectivity index (χ1n) is 5.69. The molecule has 82 valence electrons. The molecule has 0 bridgehead atoms. The van der Waals surface area contributed by atoms with Crippen molar-refractivity contribution in [3.8, 4) is 0 Å². The summed E-state index contributed by atoms with van der Waals surface area (Å²) in [4.78, 5) is 24.4. The van der Waals surface area contributed by atoms with Crippen LogP contribution < -0.4 is 0 Å². The Labute approximate surface area is 122 Å². The van der Waals surface area contributed by atoms with Gasteiger partial charge < -0.3 is 0 Å². The first kappa shape index (κ1) is 12.7. The van der Waals surface area contributed by atoms with E-state index in [1.165, 1.54) is 0 Å². The van der Waals surface area contributed by atoms with E-state index in [-0.39, 0.29) is 41.1 Å². The van der Waals surface area contributed by atoms with Gasteiger partial charge in [-0.25, -0.2) is 0 Å². The number of ketones is 2. The summed E-state index contributed by atoms with van der Waals surface area (Å²) >= 11 is 0. The van der Waals surface area contributed by atoms with E-state index in [0.29, 0.717) is 11.1 Å². The van der Waals surface area contributed by atoms with Gasteiger partial charge in [-0.3, -0.25) is 9.59 Å². The Morgan fingerprint density at radius 3 is 1.59 bits per heavy atom. The zero-order valence-electron chi connectivity index (χ0n) is 8.95. The van der Waals surface area contributed by atoms with Gasteiger partial charge in [-0.15, -0.1) is 0 Å². The Kier molecular flexibility index (Phi) is 3.67. The van der Waals surface area contributed by atoms with Gasteiger partial charge in [0.15, 0.2) is 11.6 Å². The van der Waals surface area contributed by atoms with E-state index in [2.05, 4.69) is 0 Å². The van der Waals surface area contributed by atoms with Crippen LogP contribution in [0.4, 0.5) is 0 Å². The van der Waals surface area contributed by atoms with Gasteiger partial charge in [0.2, 0.25) is 0 Å². The average Bonchev–Trinajstić information content (AvgIpc) is 2.36. The van der Waals surface area contributed by atoms with Crippen LogP contribution >= 0.6 is 0 Å². The van der Waals surface area contributed by atoms with Gasteiger partial charge >= 0.3 is 29.6 Å². The van der Waals surface area contributed by atoms with Crippen LogP contribution in [0.2, 0.25) is 0 Å². The molecule has 0 saturated heterocycles. The fourth-order valence-corrected chi connectivity index (χ4v) is 2.61. The maximum atomic E-state index is 12.2. The molecule has 1 aromatic rings. The van der Waals surface area contributed by atoms with Crippen molar-refractivity contribution in [2.75, 3.05) is 0 Å². The van der Waals surface area contributed by atoms with Crippen LogP contribution in [0.5, 0.6) is 0 Å². The monoisotopic (exact) mass is 236 g/mol. The second kappa shape index (κ2) is 4.89. The molecule has 2 aliphatic carbocycles. The fourth-order valence-electron chi connectivity index (χ4n) is 2.61. The van der Waals surface area contributed by atoms with Gasteiger partial charge in [-0.2, -0.15) is 0 Å². The number of hydrogen-bond acceptors (Lipinski definition) is 2. The van der Waals surface area contributed by atoms with Gasteiger partial charge in [0, 0.05) is 22.3 Å². The van der Waals surface area contributed by atoms with E-state index < -0.39 is 0 Å². The third kappa shape index (κ3) is 1.95. The normalized spacial score (nSPS) is 18.4. The van der Waals surface area contributed by atoms with Crippen LogP contribution in [0.25, 0.3) is 0 Å². The third-order valence-electron chi connectivity index (χ3n) is 3.43. The molecule has 0 radical (unpaired) electrons. The van der Waals surface area contributed by atoms with E-state index in [0.717, 1.165) is 36.8 Å². The number of carbonyl (C=O) groups excluding carboxylic acids is 2. The second-order valence-electron chi connectivity index (χ2n) is 4.37. The molecule has 0 aromatic heterocycles. The molecule has 3 heteroatoms. The topological polar surface area (TPSA) is 34.1 Å². The molecule has 1 aromatic carbocycles. The Hall–Kier alpha value is -0.700. The predicted octanol–water partition coefficient (Wildman–Crippen LogP) is 2.29. The van der Waals surface area contributed by atoms with Crippen molar-refractivity contribution < 1.29 is 9.59 Å². The zero-order valence-corrected chi connectivity index (χ0v) is 8.95. The summed E-state index contributed by atoms with van der Waals surface area (Å²) in [6.07, 6.45) is 3.60. The summed E-state index contributed by atoms with van der Waals surface area (Å²) in [5, 5.41) is 0.